The molecule has 0 aliphatic rings. The van der Waals surface area contributed by atoms with Gasteiger partial charge in [-0.2, -0.15) is 0 Å². The number of hydrogen-bond donors (Lipinski definition) is 4. The lowest BCUT2D eigenvalue weighted by Crippen LogP contribution is -2.87. The Morgan fingerprint density at radius 3 is 2.05 bits per heavy atom. The van der Waals surface area contributed by atoms with Gasteiger partial charge < -0.3 is 20.6 Å². The molecular weight excluding hydrogens is 266 g/mol. The Balaban J connectivity index is 3.41. The fraction of sp³-hybridized carbons (Fsp3) is 0.882. The maximum Gasteiger partial charge on any atom is 0.131 e. The van der Waals surface area contributed by atoms with Gasteiger partial charge in [0, 0.05) is 0 Å². The second kappa shape index (κ2) is 14.5. The average Bonchev–Trinajstić information content (AvgIpc) is 2.48. The van der Waals surface area contributed by atoms with E-state index in [-0.39, 0.29) is 0 Å². The van der Waals surface area contributed by atoms with Crippen LogP contribution in [0.4, 0.5) is 0 Å². The van der Waals surface area contributed by atoms with Crippen molar-refractivity contribution in [1.82, 2.24) is 0 Å². The van der Waals surface area contributed by atoms with Crippen LogP contribution in [0.25, 0.3) is 0 Å². The predicted molar refractivity (Wildman–Crippen MR) is 87.1 cm³/mol. The van der Waals surface area contributed by atoms with E-state index >= 15 is 0 Å². The first-order valence-corrected chi connectivity index (χ1v) is 8.62. The fourth-order valence-corrected chi connectivity index (χ4v) is 2.39. The standard InChI is InChI=1S/C17H35NO3/c1-3-5-6-7-8-9-10-11-13-18-14-16(20)17(21)15(19)12-4-2/h4,12,15-21H,3,5-11,13-14H2,1-2H3/p+1/b12-4-/t15?,16?,17-/m0/s1. The Bertz CT molecular complexity index is 246. The van der Waals surface area contributed by atoms with E-state index < -0.39 is 18.3 Å². The van der Waals surface area contributed by atoms with E-state index in [0.29, 0.717) is 6.54 Å². The molecule has 0 amide bonds. The summed E-state index contributed by atoms with van der Waals surface area (Å²) >= 11 is 0. The van der Waals surface area contributed by atoms with Crippen molar-refractivity contribution in [3.05, 3.63) is 12.2 Å². The number of rotatable bonds is 14. The summed E-state index contributed by atoms with van der Waals surface area (Å²) in [5.74, 6) is 0. The summed E-state index contributed by atoms with van der Waals surface area (Å²) < 4.78 is 0. The van der Waals surface area contributed by atoms with E-state index in [1.165, 1.54) is 51.0 Å². The predicted octanol–water partition coefficient (Wildman–Crippen LogP) is 1.35. The van der Waals surface area contributed by atoms with Crippen LogP contribution in [0.5, 0.6) is 0 Å². The molecule has 0 aliphatic carbocycles. The lowest BCUT2D eigenvalue weighted by atomic mass is 10.1. The first kappa shape index (κ1) is 20.6. The van der Waals surface area contributed by atoms with Gasteiger partial charge in [0.2, 0.25) is 0 Å². The first-order chi connectivity index (χ1) is 10.1. The molecule has 0 rings (SSSR count). The normalized spacial score (nSPS) is 16.2. The second-order valence-corrected chi connectivity index (χ2v) is 5.86. The second-order valence-electron chi connectivity index (χ2n) is 5.86. The van der Waals surface area contributed by atoms with Gasteiger partial charge in [-0.25, -0.2) is 0 Å². The van der Waals surface area contributed by atoms with Crippen LogP contribution < -0.4 is 5.32 Å². The third-order valence-electron chi connectivity index (χ3n) is 3.80. The molecule has 0 heterocycles. The largest absolute Gasteiger partial charge is 0.387 e. The molecule has 0 saturated carbocycles. The van der Waals surface area contributed by atoms with Crippen LogP contribution in [0.3, 0.4) is 0 Å². The van der Waals surface area contributed by atoms with Crippen molar-refractivity contribution in [2.45, 2.75) is 83.5 Å². The zero-order valence-corrected chi connectivity index (χ0v) is 13.9. The Kier molecular flexibility index (Phi) is 14.2. The topological polar surface area (TPSA) is 77.3 Å². The molecule has 0 aromatic rings. The Labute approximate surface area is 130 Å². The molecule has 0 radical (unpaired) electrons. The number of allylic oxidation sites excluding steroid dienone is 1. The molecule has 2 unspecified atom stereocenters. The number of aliphatic hydroxyl groups is 3. The molecule has 0 saturated heterocycles. The van der Waals surface area contributed by atoms with E-state index in [1.54, 1.807) is 13.0 Å². The van der Waals surface area contributed by atoms with Gasteiger partial charge in [-0.1, -0.05) is 57.6 Å². The van der Waals surface area contributed by atoms with E-state index in [2.05, 4.69) is 6.92 Å². The van der Waals surface area contributed by atoms with Crippen molar-refractivity contribution in [3.8, 4) is 0 Å². The number of nitrogens with two attached hydrogens (primary N) is 1. The van der Waals surface area contributed by atoms with Gasteiger partial charge >= 0.3 is 0 Å². The Morgan fingerprint density at radius 1 is 0.905 bits per heavy atom. The third-order valence-corrected chi connectivity index (χ3v) is 3.80. The minimum absolute atomic E-state index is 0.437. The van der Waals surface area contributed by atoms with Crippen LogP contribution in [0, 0.1) is 0 Å². The summed E-state index contributed by atoms with van der Waals surface area (Å²) in [6, 6.07) is 0. The zero-order chi connectivity index (χ0) is 15.9. The molecule has 0 aromatic carbocycles. The van der Waals surface area contributed by atoms with Gasteiger partial charge in [0.1, 0.15) is 24.9 Å². The van der Waals surface area contributed by atoms with Crippen molar-refractivity contribution < 1.29 is 20.6 Å². The monoisotopic (exact) mass is 302 g/mol. The van der Waals surface area contributed by atoms with Crippen LogP contribution in [0.2, 0.25) is 0 Å². The first-order valence-electron chi connectivity index (χ1n) is 8.62. The summed E-state index contributed by atoms with van der Waals surface area (Å²) in [6.45, 7) is 5.42. The molecule has 0 aromatic heterocycles. The third kappa shape index (κ3) is 11.9. The van der Waals surface area contributed by atoms with Crippen molar-refractivity contribution in [2.75, 3.05) is 13.1 Å². The number of unbranched alkanes of at least 4 members (excludes halogenated alkanes) is 7. The van der Waals surface area contributed by atoms with Crippen LogP contribution >= 0.6 is 0 Å². The van der Waals surface area contributed by atoms with E-state index in [4.69, 9.17) is 0 Å². The average molecular weight is 302 g/mol. The molecule has 5 N–H and O–H groups in total. The summed E-state index contributed by atoms with van der Waals surface area (Å²) in [6.07, 6.45) is 10.6. The zero-order valence-electron chi connectivity index (χ0n) is 13.9. The molecule has 126 valence electrons. The lowest BCUT2D eigenvalue weighted by molar-refractivity contribution is -0.662. The Morgan fingerprint density at radius 2 is 1.48 bits per heavy atom. The number of hydrogen-bond acceptors (Lipinski definition) is 3. The highest BCUT2D eigenvalue weighted by Gasteiger charge is 2.23. The van der Waals surface area contributed by atoms with E-state index in [0.717, 1.165) is 13.0 Å². The van der Waals surface area contributed by atoms with Crippen LogP contribution in [0.1, 0.15) is 65.2 Å². The van der Waals surface area contributed by atoms with Crippen molar-refractivity contribution in [3.63, 3.8) is 0 Å². The highest BCUT2D eigenvalue weighted by Crippen LogP contribution is 2.07. The van der Waals surface area contributed by atoms with Crippen LogP contribution in [0.15, 0.2) is 12.2 Å². The van der Waals surface area contributed by atoms with E-state index in [9.17, 15) is 15.3 Å². The fourth-order valence-electron chi connectivity index (χ4n) is 2.39. The molecule has 0 fully saturated rings. The molecule has 21 heavy (non-hydrogen) atoms. The molecule has 4 nitrogen and oxygen atoms in total. The minimum Gasteiger partial charge on any atom is -0.387 e. The molecule has 0 aliphatic heterocycles. The molecule has 4 heteroatoms. The van der Waals surface area contributed by atoms with Gasteiger partial charge in [0.25, 0.3) is 0 Å². The maximum atomic E-state index is 9.76. The number of aliphatic hydroxyl groups excluding tert-OH is 3. The summed E-state index contributed by atoms with van der Waals surface area (Å²) in [4.78, 5) is 0. The SMILES string of the molecule is C/C=C\C(O)[C@H](O)C(O)C[NH2+]CCCCCCCCCC. The van der Waals surface area contributed by atoms with Crippen molar-refractivity contribution in [1.29, 1.82) is 0 Å². The van der Waals surface area contributed by atoms with Gasteiger partial charge in [-0.05, 0) is 19.8 Å². The van der Waals surface area contributed by atoms with Gasteiger partial charge in [0.15, 0.2) is 0 Å². The highest BCUT2D eigenvalue weighted by molar-refractivity contribution is 4.92. The smallest absolute Gasteiger partial charge is 0.131 e. The highest BCUT2D eigenvalue weighted by atomic mass is 16.4. The summed E-state index contributed by atoms with van der Waals surface area (Å²) in [7, 11) is 0. The molecule has 0 spiro atoms. The summed E-state index contributed by atoms with van der Waals surface area (Å²) in [5.41, 5.74) is 0. The Hall–Kier alpha value is -0.420. The molecule has 0 bridgehead atoms. The quantitative estimate of drug-likeness (QED) is 0.289. The lowest BCUT2D eigenvalue weighted by Gasteiger charge is -2.19. The van der Waals surface area contributed by atoms with Crippen molar-refractivity contribution >= 4 is 0 Å². The maximum absolute atomic E-state index is 9.76. The van der Waals surface area contributed by atoms with Gasteiger partial charge in [-0.15, -0.1) is 0 Å². The number of quaternary nitrogens is 1. The van der Waals surface area contributed by atoms with Gasteiger partial charge in [0.05, 0.1) is 6.54 Å². The van der Waals surface area contributed by atoms with E-state index in [1.807, 2.05) is 5.32 Å². The van der Waals surface area contributed by atoms with Crippen molar-refractivity contribution in [2.24, 2.45) is 0 Å². The van der Waals surface area contributed by atoms with Crippen LogP contribution in [-0.4, -0.2) is 46.7 Å². The summed E-state index contributed by atoms with van der Waals surface area (Å²) in [5, 5.41) is 31.0. The van der Waals surface area contributed by atoms with Crippen LogP contribution in [-0.2, 0) is 0 Å². The minimum atomic E-state index is -1.10. The van der Waals surface area contributed by atoms with Gasteiger partial charge in [-0.3, -0.25) is 0 Å². The molecular formula is C17H36NO3+. The molecule has 3 atom stereocenters.